The number of carbonyl (C=O) groups is 1. The molecule has 0 bridgehead atoms. The first-order valence-electron chi connectivity index (χ1n) is 9.62. The number of hydrogen-bond donors (Lipinski definition) is 1. The van der Waals surface area contributed by atoms with Crippen molar-refractivity contribution in [2.24, 2.45) is 5.92 Å². The van der Waals surface area contributed by atoms with Gasteiger partial charge in [-0.05, 0) is 44.0 Å². The Morgan fingerprint density at radius 2 is 1.96 bits per heavy atom. The highest BCUT2D eigenvalue weighted by molar-refractivity contribution is 6.01. The Labute approximate surface area is 160 Å². The van der Waals surface area contributed by atoms with E-state index in [0.29, 0.717) is 0 Å². The molecular formula is C23H25N3O. The summed E-state index contributed by atoms with van der Waals surface area (Å²) in [6.07, 6.45) is 1.99. The van der Waals surface area contributed by atoms with E-state index < -0.39 is 0 Å². The second-order valence-electron chi connectivity index (χ2n) is 7.38. The number of amides is 1. The Kier molecular flexibility index (Phi) is 5.16. The first-order valence-corrected chi connectivity index (χ1v) is 9.62. The zero-order valence-electron chi connectivity index (χ0n) is 15.7. The van der Waals surface area contributed by atoms with Gasteiger partial charge in [-0.3, -0.25) is 14.7 Å². The number of pyridine rings is 1. The van der Waals surface area contributed by atoms with Crippen LogP contribution in [0.25, 0.3) is 10.9 Å². The van der Waals surface area contributed by atoms with Crippen LogP contribution in [-0.4, -0.2) is 28.9 Å². The number of nitrogens with zero attached hydrogens (tertiary/aromatic N) is 2. The lowest BCUT2D eigenvalue weighted by atomic mass is 9.96. The van der Waals surface area contributed by atoms with E-state index in [-0.39, 0.29) is 11.8 Å². The van der Waals surface area contributed by atoms with E-state index in [1.807, 2.05) is 37.3 Å². The van der Waals surface area contributed by atoms with Crippen molar-refractivity contribution in [3.8, 4) is 0 Å². The second kappa shape index (κ2) is 7.89. The summed E-state index contributed by atoms with van der Waals surface area (Å²) >= 11 is 0. The maximum atomic E-state index is 12.9. The van der Waals surface area contributed by atoms with Crippen molar-refractivity contribution in [3.05, 3.63) is 71.9 Å². The highest BCUT2D eigenvalue weighted by Crippen LogP contribution is 2.24. The zero-order valence-corrected chi connectivity index (χ0v) is 15.7. The van der Waals surface area contributed by atoms with E-state index in [1.165, 1.54) is 5.56 Å². The van der Waals surface area contributed by atoms with Crippen molar-refractivity contribution in [2.75, 3.05) is 18.4 Å². The average Bonchev–Trinajstić information content (AvgIpc) is 2.69. The fourth-order valence-corrected chi connectivity index (χ4v) is 3.84. The molecule has 1 aromatic heterocycles. The molecule has 1 saturated heterocycles. The van der Waals surface area contributed by atoms with Crippen molar-refractivity contribution in [1.82, 2.24) is 9.88 Å². The van der Waals surface area contributed by atoms with E-state index in [1.54, 1.807) is 0 Å². The molecule has 1 aliphatic rings. The third kappa shape index (κ3) is 4.17. The molecule has 1 atom stereocenters. The van der Waals surface area contributed by atoms with E-state index in [0.717, 1.165) is 54.8 Å². The van der Waals surface area contributed by atoms with E-state index >= 15 is 0 Å². The molecule has 1 aliphatic heterocycles. The highest BCUT2D eigenvalue weighted by Gasteiger charge is 2.26. The molecule has 0 radical (unpaired) electrons. The summed E-state index contributed by atoms with van der Waals surface area (Å²) in [6, 6.07) is 20.5. The molecule has 138 valence electrons. The zero-order chi connectivity index (χ0) is 18.6. The molecule has 1 fully saturated rings. The van der Waals surface area contributed by atoms with Crippen LogP contribution in [0.4, 0.5) is 5.69 Å². The van der Waals surface area contributed by atoms with Gasteiger partial charge in [0.2, 0.25) is 5.91 Å². The lowest BCUT2D eigenvalue weighted by Crippen LogP contribution is -2.40. The Morgan fingerprint density at radius 3 is 2.81 bits per heavy atom. The number of para-hydroxylation sites is 1. The van der Waals surface area contributed by atoms with Crippen LogP contribution in [0.2, 0.25) is 0 Å². The van der Waals surface area contributed by atoms with Crippen LogP contribution in [0, 0.1) is 12.8 Å². The second-order valence-corrected chi connectivity index (χ2v) is 7.38. The molecule has 1 amide bonds. The summed E-state index contributed by atoms with van der Waals surface area (Å²) in [7, 11) is 0. The van der Waals surface area contributed by atoms with Gasteiger partial charge < -0.3 is 5.32 Å². The molecule has 0 saturated carbocycles. The minimum absolute atomic E-state index is 0.0162. The molecule has 4 rings (SSSR count). The maximum Gasteiger partial charge on any atom is 0.228 e. The predicted molar refractivity (Wildman–Crippen MR) is 110 cm³/mol. The normalized spacial score (nSPS) is 17.7. The lowest BCUT2D eigenvalue weighted by Gasteiger charge is -2.32. The number of benzene rings is 2. The Morgan fingerprint density at radius 1 is 1.11 bits per heavy atom. The molecule has 0 spiro atoms. The van der Waals surface area contributed by atoms with Crippen molar-refractivity contribution < 1.29 is 4.79 Å². The van der Waals surface area contributed by atoms with Crippen molar-refractivity contribution in [2.45, 2.75) is 26.3 Å². The SMILES string of the molecule is Cc1ccc2cccc(NC(=O)C3CCCN(Cc4ccccc4)C3)c2n1. The summed E-state index contributed by atoms with van der Waals surface area (Å²) in [6.45, 7) is 4.73. The van der Waals surface area contributed by atoms with Crippen LogP contribution in [-0.2, 0) is 11.3 Å². The molecule has 2 aromatic carbocycles. The third-order valence-electron chi connectivity index (χ3n) is 5.24. The molecule has 0 aliphatic carbocycles. The summed E-state index contributed by atoms with van der Waals surface area (Å²) in [4.78, 5) is 19.9. The Bertz CT molecular complexity index is 939. The Hall–Kier alpha value is -2.72. The maximum absolute atomic E-state index is 12.9. The number of nitrogens with one attached hydrogen (secondary N) is 1. The van der Waals surface area contributed by atoms with Gasteiger partial charge in [-0.2, -0.15) is 0 Å². The smallest absolute Gasteiger partial charge is 0.228 e. The Balaban J connectivity index is 1.46. The third-order valence-corrected chi connectivity index (χ3v) is 5.24. The van der Waals surface area contributed by atoms with Crippen molar-refractivity contribution >= 4 is 22.5 Å². The van der Waals surface area contributed by atoms with Crippen LogP contribution < -0.4 is 5.32 Å². The van der Waals surface area contributed by atoms with Gasteiger partial charge in [0, 0.05) is 24.2 Å². The van der Waals surface area contributed by atoms with Crippen LogP contribution in [0.5, 0.6) is 0 Å². The quantitative estimate of drug-likeness (QED) is 0.751. The number of likely N-dealkylation sites (tertiary alicyclic amines) is 1. The lowest BCUT2D eigenvalue weighted by molar-refractivity contribution is -0.121. The number of aromatic nitrogens is 1. The number of fused-ring (bicyclic) bond motifs is 1. The van der Waals surface area contributed by atoms with Gasteiger partial charge in [-0.1, -0.05) is 48.5 Å². The van der Waals surface area contributed by atoms with Crippen LogP contribution in [0.1, 0.15) is 24.1 Å². The standard InChI is InChI=1S/C23H25N3O/c1-17-12-13-19-9-5-11-21(22(19)24-17)25-23(27)20-10-6-14-26(16-20)15-18-7-3-2-4-8-18/h2-5,7-9,11-13,20H,6,10,14-16H2,1H3,(H,25,27). The van der Waals surface area contributed by atoms with Crippen LogP contribution >= 0.6 is 0 Å². The molecule has 3 aromatic rings. The largest absolute Gasteiger partial charge is 0.324 e. The minimum Gasteiger partial charge on any atom is -0.324 e. The predicted octanol–water partition coefficient (Wildman–Crippen LogP) is 4.39. The molecule has 1 unspecified atom stereocenters. The summed E-state index contributed by atoms with van der Waals surface area (Å²) in [5.41, 5.74) is 3.92. The van der Waals surface area contributed by atoms with Gasteiger partial charge in [-0.15, -0.1) is 0 Å². The minimum atomic E-state index is 0.0162. The van der Waals surface area contributed by atoms with Gasteiger partial charge in [0.05, 0.1) is 17.1 Å². The fraction of sp³-hybridized carbons (Fsp3) is 0.304. The molecule has 2 heterocycles. The van der Waals surface area contributed by atoms with Gasteiger partial charge in [0.15, 0.2) is 0 Å². The highest BCUT2D eigenvalue weighted by atomic mass is 16.1. The number of aryl methyl sites for hydroxylation is 1. The first kappa shape index (κ1) is 17.7. The number of anilines is 1. The van der Waals surface area contributed by atoms with E-state index in [4.69, 9.17) is 0 Å². The van der Waals surface area contributed by atoms with E-state index in [9.17, 15) is 4.79 Å². The summed E-state index contributed by atoms with van der Waals surface area (Å²) in [5, 5.41) is 4.19. The van der Waals surface area contributed by atoms with Crippen LogP contribution in [0.3, 0.4) is 0 Å². The van der Waals surface area contributed by atoms with Gasteiger partial charge >= 0.3 is 0 Å². The number of carbonyl (C=O) groups excluding carboxylic acids is 1. The monoisotopic (exact) mass is 359 g/mol. The molecule has 1 N–H and O–H groups in total. The molecule has 27 heavy (non-hydrogen) atoms. The topological polar surface area (TPSA) is 45.2 Å². The van der Waals surface area contributed by atoms with Crippen molar-refractivity contribution in [1.29, 1.82) is 0 Å². The van der Waals surface area contributed by atoms with E-state index in [2.05, 4.69) is 45.5 Å². The summed E-state index contributed by atoms with van der Waals surface area (Å²) < 4.78 is 0. The fourth-order valence-electron chi connectivity index (χ4n) is 3.84. The van der Waals surface area contributed by atoms with Gasteiger partial charge in [0.25, 0.3) is 0 Å². The number of hydrogen-bond acceptors (Lipinski definition) is 3. The molecular weight excluding hydrogens is 334 g/mol. The first-order chi connectivity index (χ1) is 13.2. The average molecular weight is 359 g/mol. The molecule has 4 nitrogen and oxygen atoms in total. The van der Waals surface area contributed by atoms with Gasteiger partial charge in [-0.25, -0.2) is 0 Å². The molecule has 4 heteroatoms. The summed E-state index contributed by atoms with van der Waals surface area (Å²) in [5.74, 6) is 0.117. The number of piperidine rings is 1. The van der Waals surface area contributed by atoms with Gasteiger partial charge in [0.1, 0.15) is 0 Å². The van der Waals surface area contributed by atoms with Crippen LogP contribution in [0.15, 0.2) is 60.7 Å². The van der Waals surface area contributed by atoms with Crippen molar-refractivity contribution in [3.63, 3.8) is 0 Å². The number of rotatable bonds is 4.